The zero-order valence-corrected chi connectivity index (χ0v) is 12.7. The normalized spacial score (nSPS) is 14.5. The monoisotopic (exact) mass is 282 g/mol. The molecule has 1 aliphatic rings. The molecule has 0 saturated heterocycles. The van der Waals surface area contributed by atoms with Gasteiger partial charge in [-0.15, -0.1) is 0 Å². The number of rotatable bonds is 6. The summed E-state index contributed by atoms with van der Waals surface area (Å²) >= 11 is 1.39. The summed E-state index contributed by atoms with van der Waals surface area (Å²) in [6.45, 7) is 6.48. The largest absolute Gasteiger partial charge is 0.382 e. The average Bonchev–Trinajstić information content (AvgIpc) is 3.15. The minimum atomic E-state index is 0.0279. The molecule has 1 fully saturated rings. The summed E-state index contributed by atoms with van der Waals surface area (Å²) in [6, 6.07) is 0. The SMILES string of the molecule is CCN(CC1CC1)C(=O)c1sc(N(C)CC)nc1N. The lowest BCUT2D eigenvalue weighted by Gasteiger charge is -2.19. The number of nitrogens with two attached hydrogens (primary N) is 1. The van der Waals surface area contributed by atoms with Crippen molar-refractivity contribution < 1.29 is 4.79 Å². The van der Waals surface area contributed by atoms with E-state index in [1.54, 1.807) is 0 Å². The first-order valence-corrected chi connectivity index (χ1v) is 7.65. The van der Waals surface area contributed by atoms with Crippen LogP contribution in [0, 0.1) is 5.92 Å². The lowest BCUT2D eigenvalue weighted by Crippen LogP contribution is -2.32. The third-order valence-electron chi connectivity index (χ3n) is 3.48. The molecule has 1 aromatic rings. The van der Waals surface area contributed by atoms with Gasteiger partial charge in [0.25, 0.3) is 5.91 Å². The van der Waals surface area contributed by atoms with Gasteiger partial charge in [-0.05, 0) is 32.6 Å². The van der Waals surface area contributed by atoms with Gasteiger partial charge < -0.3 is 15.5 Å². The summed E-state index contributed by atoms with van der Waals surface area (Å²) in [5.41, 5.74) is 5.90. The smallest absolute Gasteiger partial charge is 0.267 e. The van der Waals surface area contributed by atoms with Crippen LogP contribution in [0.2, 0.25) is 0 Å². The van der Waals surface area contributed by atoms with Crippen LogP contribution in [0.4, 0.5) is 10.9 Å². The van der Waals surface area contributed by atoms with Crippen molar-refractivity contribution in [3.8, 4) is 0 Å². The van der Waals surface area contributed by atoms with Crippen molar-refractivity contribution in [2.75, 3.05) is 37.3 Å². The Bertz CT molecular complexity index is 455. The van der Waals surface area contributed by atoms with E-state index in [1.807, 2.05) is 30.7 Å². The predicted molar refractivity (Wildman–Crippen MR) is 79.8 cm³/mol. The molecule has 0 aromatic carbocycles. The lowest BCUT2D eigenvalue weighted by molar-refractivity contribution is 0.0762. The fraction of sp³-hybridized carbons (Fsp3) is 0.692. The number of aromatic nitrogens is 1. The molecule has 0 atom stereocenters. The molecule has 1 amide bonds. The molecular weight excluding hydrogens is 260 g/mol. The molecule has 1 heterocycles. The highest BCUT2D eigenvalue weighted by Gasteiger charge is 2.28. The summed E-state index contributed by atoms with van der Waals surface area (Å²) in [7, 11) is 1.95. The second-order valence-electron chi connectivity index (χ2n) is 5.01. The van der Waals surface area contributed by atoms with E-state index in [-0.39, 0.29) is 5.91 Å². The van der Waals surface area contributed by atoms with Crippen LogP contribution in [0.15, 0.2) is 0 Å². The van der Waals surface area contributed by atoms with Crippen molar-refractivity contribution in [3.05, 3.63) is 4.88 Å². The van der Waals surface area contributed by atoms with Crippen molar-refractivity contribution >= 4 is 28.2 Å². The second-order valence-corrected chi connectivity index (χ2v) is 5.99. The molecule has 2 N–H and O–H groups in total. The van der Waals surface area contributed by atoms with Gasteiger partial charge in [-0.3, -0.25) is 4.79 Å². The van der Waals surface area contributed by atoms with Crippen LogP contribution in [0.1, 0.15) is 36.4 Å². The van der Waals surface area contributed by atoms with E-state index in [1.165, 1.54) is 24.2 Å². The number of hydrogen-bond acceptors (Lipinski definition) is 5. The van der Waals surface area contributed by atoms with Crippen LogP contribution in [0.25, 0.3) is 0 Å². The summed E-state index contributed by atoms with van der Waals surface area (Å²) in [5.74, 6) is 1.08. The van der Waals surface area contributed by atoms with E-state index >= 15 is 0 Å². The molecule has 106 valence electrons. The van der Waals surface area contributed by atoms with Crippen LogP contribution < -0.4 is 10.6 Å². The number of carbonyl (C=O) groups is 1. The third-order valence-corrected chi connectivity index (χ3v) is 4.66. The predicted octanol–water partition coefficient (Wildman–Crippen LogP) is 2.05. The van der Waals surface area contributed by atoms with Crippen molar-refractivity contribution in [1.29, 1.82) is 0 Å². The molecule has 0 bridgehead atoms. The zero-order valence-electron chi connectivity index (χ0n) is 11.8. The van der Waals surface area contributed by atoms with E-state index in [9.17, 15) is 4.79 Å². The first kappa shape index (κ1) is 14.1. The van der Waals surface area contributed by atoms with Gasteiger partial charge in [-0.25, -0.2) is 4.98 Å². The highest BCUT2D eigenvalue weighted by molar-refractivity contribution is 7.18. The minimum absolute atomic E-state index is 0.0279. The number of carbonyl (C=O) groups excluding carboxylic acids is 1. The maximum absolute atomic E-state index is 12.5. The number of nitrogens with zero attached hydrogens (tertiary/aromatic N) is 3. The summed E-state index contributed by atoms with van der Waals surface area (Å²) in [6.07, 6.45) is 2.48. The molecule has 0 unspecified atom stereocenters. The van der Waals surface area contributed by atoms with E-state index in [0.29, 0.717) is 16.6 Å². The maximum Gasteiger partial charge on any atom is 0.267 e. The number of amides is 1. The summed E-state index contributed by atoms with van der Waals surface area (Å²) in [4.78, 5) is 21.2. The average molecular weight is 282 g/mol. The van der Waals surface area contributed by atoms with Gasteiger partial charge in [0.15, 0.2) is 5.13 Å². The van der Waals surface area contributed by atoms with Crippen LogP contribution in [-0.2, 0) is 0 Å². The Labute approximate surface area is 118 Å². The molecule has 0 radical (unpaired) electrons. The van der Waals surface area contributed by atoms with Crippen molar-refractivity contribution in [3.63, 3.8) is 0 Å². The van der Waals surface area contributed by atoms with Crippen molar-refractivity contribution in [1.82, 2.24) is 9.88 Å². The van der Waals surface area contributed by atoms with Crippen molar-refractivity contribution in [2.24, 2.45) is 5.92 Å². The van der Waals surface area contributed by atoms with Gasteiger partial charge in [-0.2, -0.15) is 0 Å². The highest BCUT2D eigenvalue weighted by Crippen LogP contribution is 2.32. The fourth-order valence-electron chi connectivity index (χ4n) is 1.88. The quantitative estimate of drug-likeness (QED) is 0.867. The first-order valence-electron chi connectivity index (χ1n) is 6.83. The Hall–Kier alpha value is -1.30. The Kier molecular flexibility index (Phi) is 4.29. The van der Waals surface area contributed by atoms with Crippen LogP contribution >= 0.6 is 11.3 Å². The Morgan fingerprint density at radius 1 is 1.42 bits per heavy atom. The Balaban J connectivity index is 2.14. The van der Waals surface area contributed by atoms with Gasteiger partial charge in [0, 0.05) is 26.7 Å². The molecule has 0 spiro atoms. The number of thiazole rings is 1. The molecule has 6 heteroatoms. The highest BCUT2D eigenvalue weighted by atomic mass is 32.1. The van der Waals surface area contributed by atoms with E-state index in [0.717, 1.165) is 24.8 Å². The van der Waals surface area contributed by atoms with Gasteiger partial charge in [0.1, 0.15) is 10.7 Å². The Morgan fingerprint density at radius 3 is 2.63 bits per heavy atom. The zero-order chi connectivity index (χ0) is 14.0. The van der Waals surface area contributed by atoms with Crippen molar-refractivity contribution in [2.45, 2.75) is 26.7 Å². The molecule has 19 heavy (non-hydrogen) atoms. The van der Waals surface area contributed by atoms with Crippen LogP contribution in [0.3, 0.4) is 0 Å². The van der Waals surface area contributed by atoms with E-state index in [2.05, 4.69) is 4.98 Å². The van der Waals surface area contributed by atoms with E-state index in [4.69, 9.17) is 5.73 Å². The topological polar surface area (TPSA) is 62.5 Å². The molecular formula is C13H22N4OS. The molecule has 1 aliphatic carbocycles. The fourth-order valence-corrected chi connectivity index (χ4v) is 2.86. The lowest BCUT2D eigenvalue weighted by atomic mass is 10.3. The Morgan fingerprint density at radius 2 is 2.11 bits per heavy atom. The second kappa shape index (κ2) is 5.77. The number of anilines is 2. The van der Waals surface area contributed by atoms with Gasteiger partial charge in [0.2, 0.25) is 0 Å². The molecule has 0 aliphatic heterocycles. The minimum Gasteiger partial charge on any atom is -0.382 e. The molecule has 5 nitrogen and oxygen atoms in total. The molecule has 1 aromatic heterocycles. The van der Waals surface area contributed by atoms with Gasteiger partial charge >= 0.3 is 0 Å². The van der Waals surface area contributed by atoms with Gasteiger partial charge in [-0.1, -0.05) is 11.3 Å². The standard InChI is InChI=1S/C13H22N4OS/c1-4-16(3)13-15-11(14)10(19-13)12(18)17(5-2)8-9-6-7-9/h9H,4-8,14H2,1-3H3. The van der Waals surface area contributed by atoms with Gasteiger partial charge in [0.05, 0.1) is 0 Å². The molecule has 2 rings (SSSR count). The summed E-state index contributed by atoms with van der Waals surface area (Å²) in [5, 5.41) is 0.811. The maximum atomic E-state index is 12.5. The third kappa shape index (κ3) is 3.18. The number of nitrogen functional groups attached to an aromatic ring is 1. The van der Waals surface area contributed by atoms with Crippen LogP contribution in [-0.4, -0.2) is 42.5 Å². The first-order chi connectivity index (χ1) is 9.06. The van der Waals surface area contributed by atoms with Crippen LogP contribution in [0.5, 0.6) is 0 Å². The number of hydrogen-bond donors (Lipinski definition) is 1. The van der Waals surface area contributed by atoms with E-state index < -0.39 is 0 Å². The molecule has 1 saturated carbocycles. The summed E-state index contributed by atoms with van der Waals surface area (Å²) < 4.78 is 0.